The molecule has 0 aliphatic carbocycles. The molecule has 3 aromatic heterocycles. The van der Waals surface area contributed by atoms with E-state index in [1.807, 2.05) is 12.1 Å². The van der Waals surface area contributed by atoms with Gasteiger partial charge in [-0.25, -0.2) is 0 Å². The number of hydrogen-bond acceptors (Lipinski definition) is 1. The standard InChI is InChI=1S/C54H34N2O/c1-3-11-35(12-4-1)37-19-24-41(25-20-37)55-49-17-9-7-15-43(49)45-32-39(22-28-50(45)55)40-23-29-52-47(33-40)46-31-38(36-13-5-2-6-14-36)21-27-51(46)56(52)42-26-30-54-48(34-42)44-16-8-10-18-53(44)57-54/h1-34H. The molecule has 0 saturated carbocycles. The molecule has 0 aliphatic heterocycles. The van der Waals surface area contributed by atoms with Gasteiger partial charge >= 0.3 is 0 Å². The van der Waals surface area contributed by atoms with Gasteiger partial charge in [-0.15, -0.1) is 0 Å². The fourth-order valence-corrected chi connectivity index (χ4v) is 9.01. The van der Waals surface area contributed by atoms with E-state index in [-0.39, 0.29) is 0 Å². The molecule has 0 unspecified atom stereocenters. The van der Waals surface area contributed by atoms with Crippen molar-refractivity contribution in [2.45, 2.75) is 0 Å². The highest BCUT2D eigenvalue weighted by atomic mass is 16.3. The SMILES string of the molecule is c1ccc(-c2ccc(-n3c4ccccc4c4cc(-c5ccc6c(c5)c5cc(-c7ccccc7)ccc5n6-c5ccc6oc7ccccc7c6c5)ccc43)cc2)cc1. The Morgan fingerprint density at radius 3 is 1.32 bits per heavy atom. The van der Waals surface area contributed by atoms with Crippen molar-refractivity contribution in [2.24, 2.45) is 0 Å². The van der Waals surface area contributed by atoms with Crippen LogP contribution in [-0.4, -0.2) is 9.13 Å². The molecule has 0 atom stereocenters. The van der Waals surface area contributed by atoms with Crippen LogP contribution in [0, 0.1) is 0 Å². The summed E-state index contributed by atoms with van der Waals surface area (Å²) >= 11 is 0. The molecule has 12 aromatic rings. The van der Waals surface area contributed by atoms with Crippen LogP contribution in [-0.2, 0) is 0 Å². The topological polar surface area (TPSA) is 23.0 Å². The smallest absolute Gasteiger partial charge is 0.135 e. The molecule has 9 aromatic carbocycles. The lowest BCUT2D eigenvalue weighted by molar-refractivity contribution is 0.669. The first-order valence-corrected chi connectivity index (χ1v) is 19.5. The molecule has 3 heterocycles. The van der Waals surface area contributed by atoms with Crippen LogP contribution in [0.15, 0.2) is 211 Å². The first-order chi connectivity index (χ1) is 28.2. The average Bonchev–Trinajstić information content (AvgIpc) is 3.93. The van der Waals surface area contributed by atoms with Crippen molar-refractivity contribution in [1.29, 1.82) is 0 Å². The van der Waals surface area contributed by atoms with Gasteiger partial charge in [0.1, 0.15) is 11.2 Å². The van der Waals surface area contributed by atoms with Gasteiger partial charge in [0.2, 0.25) is 0 Å². The van der Waals surface area contributed by atoms with Gasteiger partial charge in [0.05, 0.1) is 22.1 Å². The molecule has 0 saturated heterocycles. The molecule has 0 fully saturated rings. The summed E-state index contributed by atoms with van der Waals surface area (Å²) < 4.78 is 11.0. The molecule has 3 heteroatoms. The van der Waals surface area contributed by atoms with Crippen LogP contribution < -0.4 is 0 Å². The number of aromatic nitrogens is 2. The molecule has 3 nitrogen and oxygen atoms in total. The number of hydrogen-bond donors (Lipinski definition) is 0. The maximum Gasteiger partial charge on any atom is 0.135 e. The van der Waals surface area contributed by atoms with Gasteiger partial charge in [-0.3, -0.25) is 0 Å². The minimum absolute atomic E-state index is 0.898. The van der Waals surface area contributed by atoms with Crippen LogP contribution in [0.25, 0.3) is 110 Å². The third kappa shape index (κ3) is 4.99. The lowest BCUT2D eigenvalue weighted by Crippen LogP contribution is -1.94. The highest BCUT2D eigenvalue weighted by Gasteiger charge is 2.18. The van der Waals surface area contributed by atoms with Gasteiger partial charge in [-0.1, -0.05) is 127 Å². The predicted octanol–water partition coefficient (Wildman–Crippen LogP) is 14.8. The lowest BCUT2D eigenvalue weighted by atomic mass is 9.99. The molecule has 57 heavy (non-hydrogen) atoms. The molecule has 0 spiro atoms. The zero-order chi connectivity index (χ0) is 37.5. The number of furan rings is 1. The highest BCUT2D eigenvalue weighted by molar-refractivity contribution is 6.14. The normalized spacial score (nSPS) is 11.9. The molecular weight excluding hydrogens is 693 g/mol. The molecule has 0 aliphatic rings. The van der Waals surface area contributed by atoms with Gasteiger partial charge in [0, 0.05) is 43.7 Å². The Morgan fingerprint density at radius 1 is 0.246 bits per heavy atom. The van der Waals surface area contributed by atoms with E-state index in [2.05, 4.69) is 203 Å². The van der Waals surface area contributed by atoms with E-state index in [0.717, 1.165) is 33.3 Å². The van der Waals surface area contributed by atoms with Crippen LogP contribution in [0.4, 0.5) is 0 Å². The fraction of sp³-hybridized carbons (Fsp3) is 0. The molecule has 0 radical (unpaired) electrons. The highest BCUT2D eigenvalue weighted by Crippen LogP contribution is 2.40. The van der Waals surface area contributed by atoms with Crippen molar-refractivity contribution in [1.82, 2.24) is 9.13 Å². The zero-order valence-electron chi connectivity index (χ0n) is 30.9. The molecule has 0 bridgehead atoms. The largest absolute Gasteiger partial charge is 0.456 e. The molecular formula is C54H34N2O. The first-order valence-electron chi connectivity index (χ1n) is 19.5. The summed E-state index contributed by atoms with van der Waals surface area (Å²) in [4.78, 5) is 0. The quantitative estimate of drug-likeness (QED) is 0.173. The molecule has 12 rings (SSSR count). The van der Waals surface area contributed by atoms with Crippen LogP contribution in [0.5, 0.6) is 0 Å². The van der Waals surface area contributed by atoms with Gasteiger partial charge in [-0.2, -0.15) is 0 Å². The van der Waals surface area contributed by atoms with Crippen LogP contribution >= 0.6 is 0 Å². The van der Waals surface area contributed by atoms with Crippen LogP contribution in [0.1, 0.15) is 0 Å². The second-order valence-electron chi connectivity index (χ2n) is 14.9. The monoisotopic (exact) mass is 726 g/mol. The van der Waals surface area contributed by atoms with Crippen molar-refractivity contribution in [3.63, 3.8) is 0 Å². The first kappa shape index (κ1) is 31.7. The Morgan fingerprint density at radius 2 is 0.667 bits per heavy atom. The Balaban J connectivity index is 1.03. The van der Waals surface area contributed by atoms with E-state index >= 15 is 0 Å². The summed E-state index contributed by atoms with van der Waals surface area (Å²) in [6.45, 7) is 0. The van der Waals surface area contributed by atoms with Crippen molar-refractivity contribution in [2.75, 3.05) is 0 Å². The van der Waals surface area contributed by atoms with Crippen molar-refractivity contribution in [3.8, 4) is 44.8 Å². The summed E-state index contributed by atoms with van der Waals surface area (Å²) in [6.07, 6.45) is 0. The van der Waals surface area contributed by atoms with E-state index in [0.29, 0.717) is 0 Å². The summed E-state index contributed by atoms with van der Waals surface area (Å²) in [5.74, 6) is 0. The van der Waals surface area contributed by atoms with Crippen molar-refractivity contribution < 1.29 is 4.42 Å². The van der Waals surface area contributed by atoms with Crippen LogP contribution in [0.3, 0.4) is 0 Å². The number of benzene rings is 9. The van der Waals surface area contributed by atoms with E-state index in [1.165, 1.54) is 77.0 Å². The van der Waals surface area contributed by atoms with Gasteiger partial charge in [0.15, 0.2) is 0 Å². The van der Waals surface area contributed by atoms with Gasteiger partial charge in [-0.05, 0) is 112 Å². The number of rotatable bonds is 5. The van der Waals surface area contributed by atoms with Crippen LogP contribution in [0.2, 0.25) is 0 Å². The molecule has 0 amide bonds. The second-order valence-corrected chi connectivity index (χ2v) is 14.9. The molecule has 266 valence electrons. The number of nitrogens with zero attached hydrogens (tertiary/aromatic N) is 2. The number of fused-ring (bicyclic) bond motifs is 9. The lowest BCUT2D eigenvalue weighted by Gasteiger charge is -2.10. The summed E-state index contributed by atoms with van der Waals surface area (Å²) in [5.41, 5.74) is 16.0. The Bertz CT molecular complexity index is 3490. The fourth-order valence-electron chi connectivity index (χ4n) is 9.01. The van der Waals surface area contributed by atoms with E-state index < -0.39 is 0 Å². The van der Waals surface area contributed by atoms with Gasteiger partial charge in [0.25, 0.3) is 0 Å². The van der Waals surface area contributed by atoms with Crippen molar-refractivity contribution >= 4 is 65.6 Å². The second kappa shape index (κ2) is 12.5. The maximum atomic E-state index is 6.22. The maximum absolute atomic E-state index is 6.22. The number of para-hydroxylation sites is 2. The van der Waals surface area contributed by atoms with E-state index in [1.54, 1.807) is 0 Å². The Hall–Kier alpha value is -7.62. The Kier molecular flexibility index (Phi) is 6.93. The van der Waals surface area contributed by atoms with Gasteiger partial charge < -0.3 is 13.6 Å². The van der Waals surface area contributed by atoms with Crippen molar-refractivity contribution in [3.05, 3.63) is 206 Å². The predicted molar refractivity (Wildman–Crippen MR) is 239 cm³/mol. The average molecular weight is 727 g/mol. The third-order valence-electron chi connectivity index (χ3n) is 11.7. The summed E-state index contributed by atoms with van der Waals surface area (Å²) in [6, 6.07) is 74.6. The minimum Gasteiger partial charge on any atom is -0.456 e. The summed E-state index contributed by atoms with van der Waals surface area (Å²) in [7, 11) is 0. The van der Waals surface area contributed by atoms with E-state index in [4.69, 9.17) is 4.42 Å². The van der Waals surface area contributed by atoms with E-state index in [9.17, 15) is 0 Å². The third-order valence-corrected chi connectivity index (χ3v) is 11.7. The minimum atomic E-state index is 0.898. The summed E-state index contributed by atoms with van der Waals surface area (Å²) in [5, 5.41) is 7.18. The Labute approximate surface area is 328 Å². The molecule has 0 N–H and O–H groups in total. The zero-order valence-corrected chi connectivity index (χ0v) is 30.9.